The van der Waals surface area contributed by atoms with E-state index in [0.717, 1.165) is 18.5 Å². The Bertz CT molecular complexity index is 1660. The largest absolute Gasteiger partial charge is 0.359 e. The van der Waals surface area contributed by atoms with Gasteiger partial charge in [-0.25, -0.2) is 0 Å². The Morgan fingerprint density at radius 2 is 1.25 bits per heavy atom. The van der Waals surface area contributed by atoms with Crippen LogP contribution >= 0.6 is 23.3 Å². The van der Waals surface area contributed by atoms with E-state index in [2.05, 4.69) is 162 Å². The van der Waals surface area contributed by atoms with E-state index in [1.54, 1.807) is 0 Å². The van der Waals surface area contributed by atoms with Gasteiger partial charge in [0.05, 0.1) is 5.41 Å². The van der Waals surface area contributed by atoms with Crippen LogP contribution < -0.4 is 5.32 Å². The van der Waals surface area contributed by atoms with Gasteiger partial charge in [-0.2, -0.15) is 0 Å². The lowest BCUT2D eigenvalue weighted by Crippen LogP contribution is -2.33. The fourth-order valence-corrected chi connectivity index (χ4v) is 7.49. The molecular weight excluding hydrogens is 523 g/mol. The molecule has 3 heteroatoms. The van der Waals surface area contributed by atoms with E-state index in [0.29, 0.717) is 11.8 Å². The fourth-order valence-electron chi connectivity index (χ4n) is 7.49. The lowest BCUT2D eigenvalue weighted by molar-refractivity contribution is 0.486. The second kappa shape index (κ2) is 10.4. The van der Waals surface area contributed by atoms with Crippen molar-refractivity contribution in [3.63, 3.8) is 0 Å². The van der Waals surface area contributed by atoms with Crippen molar-refractivity contribution in [1.29, 1.82) is 0 Å². The summed E-state index contributed by atoms with van der Waals surface area (Å²) in [4.78, 5) is 0. The van der Waals surface area contributed by atoms with Crippen LogP contribution in [0, 0.1) is 5.92 Å². The zero-order chi connectivity index (χ0) is 27.1. The van der Waals surface area contributed by atoms with E-state index in [9.17, 15) is 0 Å². The molecule has 1 spiro atoms. The molecule has 8 rings (SSSR count). The number of anilines is 1. The monoisotopic (exact) mass is 553 g/mol. The average molecular weight is 554 g/mol. The van der Waals surface area contributed by atoms with E-state index >= 15 is 0 Å². The molecule has 4 aliphatic rings. The molecule has 40 heavy (non-hydrogen) atoms. The summed E-state index contributed by atoms with van der Waals surface area (Å²) in [5.41, 5.74) is 13.6. The van der Waals surface area contributed by atoms with Crippen molar-refractivity contribution in [3.05, 3.63) is 167 Å². The molecule has 196 valence electrons. The third-order valence-electron chi connectivity index (χ3n) is 9.07. The van der Waals surface area contributed by atoms with Gasteiger partial charge in [-0.1, -0.05) is 115 Å². The third kappa shape index (κ3) is 3.79. The van der Waals surface area contributed by atoms with Crippen molar-refractivity contribution < 1.29 is 0 Å². The molecule has 0 aromatic heterocycles. The lowest BCUT2D eigenvalue weighted by atomic mass is 9.65. The van der Waals surface area contributed by atoms with Crippen molar-refractivity contribution >= 4 is 34.6 Å². The summed E-state index contributed by atoms with van der Waals surface area (Å²) in [6, 6.07) is 36.3. The van der Waals surface area contributed by atoms with Crippen molar-refractivity contribution in [2.75, 3.05) is 5.32 Å². The second-order valence-electron chi connectivity index (χ2n) is 10.9. The molecule has 1 N–H and O–H groups in total. The Kier molecular flexibility index (Phi) is 6.57. The van der Waals surface area contributed by atoms with E-state index in [1.165, 1.54) is 50.2 Å². The molecule has 2 atom stereocenters. The molecule has 0 saturated heterocycles. The molecule has 1 nitrogen and oxygen atoms in total. The molecule has 0 radical (unpaired) electrons. The lowest BCUT2D eigenvalue weighted by Gasteiger charge is -2.37. The standard InChI is InChI=1S/C37H29N.H2S2/c1-2-10-25(11-3-1)26-18-20-27(21-19-26)38-28-22-23-32-31-14-6-9-17-35(31)37(36(32)24-28)33-15-7-4-12-29(33)30-13-5-8-16-34(30)37;1-2/h1-10,12-23,25,36,38H,11,24H2;1-2H. The minimum Gasteiger partial charge on any atom is -0.359 e. The van der Waals surface area contributed by atoms with Crippen molar-refractivity contribution in [2.45, 2.75) is 24.2 Å². The van der Waals surface area contributed by atoms with E-state index in [4.69, 9.17) is 0 Å². The highest BCUT2D eigenvalue weighted by Gasteiger charge is 2.56. The molecule has 0 fully saturated rings. The zero-order valence-corrected chi connectivity index (χ0v) is 24.0. The predicted molar refractivity (Wildman–Crippen MR) is 176 cm³/mol. The first-order chi connectivity index (χ1) is 19.8. The third-order valence-corrected chi connectivity index (χ3v) is 9.07. The predicted octanol–water partition coefficient (Wildman–Crippen LogP) is 9.77. The quantitative estimate of drug-likeness (QED) is 0.169. The topological polar surface area (TPSA) is 12.0 Å². The summed E-state index contributed by atoms with van der Waals surface area (Å²) in [7, 11) is 0. The molecule has 4 aromatic rings. The van der Waals surface area contributed by atoms with Gasteiger partial charge in [0.1, 0.15) is 0 Å². The number of nitrogens with one attached hydrogen (secondary N) is 1. The first kappa shape index (κ1) is 25.3. The molecule has 0 bridgehead atoms. The number of fused-ring (bicyclic) bond motifs is 10. The van der Waals surface area contributed by atoms with Gasteiger partial charge >= 0.3 is 0 Å². The van der Waals surface area contributed by atoms with Crippen molar-refractivity contribution in [3.8, 4) is 11.1 Å². The van der Waals surface area contributed by atoms with Crippen LogP contribution in [0.5, 0.6) is 0 Å². The normalized spacial score (nSPS) is 20.4. The molecule has 4 aromatic carbocycles. The summed E-state index contributed by atoms with van der Waals surface area (Å²) in [6.07, 6.45) is 15.6. The number of thiol groups is 2. The van der Waals surface area contributed by atoms with Gasteiger partial charge in [-0.3, -0.25) is 0 Å². The number of hydrogen-bond acceptors (Lipinski definition) is 3. The smallest absolute Gasteiger partial charge is 0.0541 e. The molecule has 2 unspecified atom stereocenters. The minimum atomic E-state index is -0.165. The van der Waals surface area contributed by atoms with Gasteiger partial charge < -0.3 is 5.32 Å². The van der Waals surface area contributed by atoms with E-state index in [-0.39, 0.29) is 5.41 Å². The Hall–Kier alpha value is -3.66. The van der Waals surface area contributed by atoms with E-state index < -0.39 is 0 Å². The van der Waals surface area contributed by atoms with Crippen molar-refractivity contribution in [2.24, 2.45) is 5.92 Å². The van der Waals surface area contributed by atoms with Crippen LogP contribution in [-0.2, 0) is 5.41 Å². The Morgan fingerprint density at radius 3 is 1.88 bits per heavy atom. The van der Waals surface area contributed by atoms with Gasteiger partial charge in [-0.15, -0.1) is 23.3 Å². The summed E-state index contributed by atoms with van der Waals surface area (Å²) >= 11 is 6.44. The van der Waals surface area contributed by atoms with Crippen LogP contribution in [0.4, 0.5) is 5.69 Å². The summed E-state index contributed by atoms with van der Waals surface area (Å²) in [5, 5.41) is 3.79. The maximum Gasteiger partial charge on any atom is 0.0541 e. The Balaban J connectivity index is 0.00000130. The van der Waals surface area contributed by atoms with Gasteiger partial charge in [-0.05, 0) is 75.6 Å². The van der Waals surface area contributed by atoms with Gasteiger partial charge in [0, 0.05) is 23.2 Å². The first-order valence-electron chi connectivity index (χ1n) is 13.9. The maximum atomic E-state index is 3.79. The minimum absolute atomic E-state index is 0.165. The zero-order valence-electron chi connectivity index (χ0n) is 22.2. The summed E-state index contributed by atoms with van der Waals surface area (Å²) in [6.45, 7) is 0. The number of allylic oxidation sites excluding steroid dienone is 8. The van der Waals surface area contributed by atoms with Crippen LogP contribution in [0.15, 0.2) is 139 Å². The molecule has 4 aliphatic carbocycles. The van der Waals surface area contributed by atoms with Crippen LogP contribution in [0.2, 0.25) is 0 Å². The van der Waals surface area contributed by atoms with E-state index in [1.807, 2.05) is 0 Å². The molecule has 0 amide bonds. The summed E-state index contributed by atoms with van der Waals surface area (Å²) < 4.78 is 0. The molecule has 0 aliphatic heterocycles. The highest BCUT2D eigenvalue weighted by atomic mass is 33.1. The van der Waals surface area contributed by atoms with Gasteiger partial charge in [0.15, 0.2) is 0 Å². The first-order valence-corrected chi connectivity index (χ1v) is 15.5. The summed E-state index contributed by atoms with van der Waals surface area (Å²) in [5.74, 6) is 0.823. The average Bonchev–Trinajstić information content (AvgIpc) is 3.50. The van der Waals surface area contributed by atoms with Gasteiger partial charge in [0.2, 0.25) is 0 Å². The fraction of sp³-hybridized carbons (Fsp3) is 0.135. The SMILES string of the molecule is C1=CCC(c2ccc(NC3=CC=C4c5ccccc5C5(c6ccccc6-c6ccccc65)C4C3)cc2)C=C1.SS. The highest BCUT2D eigenvalue weighted by Crippen LogP contribution is 2.65. The number of benzene rings is 4. The number of hydrogen-bond donors (Lipinski definition) is 3. The van der Waals surface area contributed by atoms with Crippen LogP contribution in [0.3, 0.4) is 0 Å². The van der Waals surface area contributed by atoms with Crippen molar-refractivity contribution in [1.82, 2.24) is 0 Å². The molecule has 0 saturated carbocycles. The second-order valence-corrected chi connectivity index (χ2v) is 10.9. The Labute approximate surface area is 247 Å². The van der Waals surface area contributed by atoms with Gasteiger partial charge in [0.25, 0.3) is 0 Å². The molecule has 0 heterocycles. The maximum absolute atomic E-state index is 3.79. The Morgan fingerprint density at radius 1 is 0.650 bits per heavy atom. The molecular formula is C37H31NS2. The van der Waals surface area contributed by atoms with Crippen LogP contribution in [0.1, 0.15) is 46.6 Å². The van der Waals surface area contributed by atoms with Crippen LogP contribution in [0.25, 0.3) is 16.7 Å². The highest BCUT2D eigenvalue weighted by molar-refractivity contribution is 8.59. The number of rotatable bonds is 3. The van der Waals surface area contributed by atoms with Crippen LogP contribution in [-0.4, -0.2) is 0 Å².